The molecule has 1 amide bonds. The van der Waals surface area contributed by atoms with E-state index in [1.165, 1.54) is 225 Å². The third-order valence-corrected chi connectivity index (χ3v) is 15.3. The van der Waals surface area contributed by atoms with Crippen LogP contribution >= 0.6 is 0 Å². The first kappa shape index (κ1) is 71.2. The lowest BCUT2D eigenvalue weighted by molar-refractivity contribution is -0.302. The number of carbonyl (C=O) groups is 2. The molecule has 1 aliphatic heterocycles. The number of allylic oxidation sites excluding steroid dienone is 3. The average Bonchev–Trinajstić information content (AvgIpc) is 3.41. The van der Waals surface area contributed by atoms with Crippen molar-refractivity contribution in [2.75, 3.05) is 19.8 Å². The van der Waals surface area contributed by atoms with Crippen molar-refractivity contribution in [2.45, 2.75) is 352 Å². The summed E-state index contributed by atoms with van der Waals surface area (Å²) in [6.07, 6.45) is 55.9. The van der Waals surface area contributed by atoms with E-state index < -0.39 is 49.5 Å². The van der Waals surface area contributed by atoms with Gasteiger partial charge in [0.1, 0.15) is 24.4 Å². The van der Waals surface area contributed by atoms with E-state index >= 15 is 0 Å². The van der Waals surface area contributed by atoms with E-state index in [1.54, 1.807) is 6.08 Å². The molecular weight excluding hydrogens is 943 g/mol. The second-order valence-electron chi connectivity index (χ2n) is 22.5. The van der Waals surface area contributed by atoms with Crippen molar-refractivity contribution >= 4 is 11.9 Å². The maximum absolute atomic E-state index is 13.0. The molecule has 1 fully saturated rings. The van der Waals surface area contributed by atoms with Gasteiger partial charge in [-0.15, -0.1) is 0 Å². The van der Waals surface area contributed by atoms with Gasteiger partial charge in [0, 0.05) is 12.8 Å². The van der Waals surface area contributed by atoms with E-state index in [-0.39, 0.29) is 18.5 Å². The molecule has 1 aliphatic rings. The van der Waals surface area contributed by atoms with Gasteiger partial charge < -0.3 is 45.1 Å². The van der Waals surface area contributed by atoms with Crippen LogP contribution in [0.4, 0.5) is 0 Å². The number of hydrogen-bond acceptors (Lipinski definition) is 10. The molecule has 11 nitrogen and oxygen atoms in total. The van der Waals surface area contributed by atoms with E-state index in [9.17, 15) is 35.1 Å². The number of amides is 1. The summed E-state index contributed by atoms with van der Waals surface area (Å²) in [5.74, 6) is -0.183. The lowest BCUT2D eigenvalue weighted by Gasteiger charge is -2.40. The summed E-state index contributed by atoms with van der Waals surface area (Å²) in [5, 5.41) is 54.2. The molecule has 0 spiro atoms. The Morgan fingerprint density at radius 2 is 0.867 bits per heavy atom. The van der Waals surface area contributed by atoms with Gasteiger partial charge in [0.15, 0.2) is 6.29 Å². The van der Waals surface area contributed by atoms with E-state index in [2.05, 4.69) is 31.3 Å². The quantitative estimate of drug-likeness (QED) is 0.0195. The summed E-state index contributed by atoms with van der Waals surface area (Å²) < 4.78 is 16.7. The summed E-state index contributed by atoms with van der Waals surface area (Å²) in [7, 11) is 0. The molecule has 0 radical (unpaired) electrons. The van der Waals surface area contributed by atoms with Gasteiger partial charge in [-0.3, -0.25) is 9.59 Å². The maximum atomic E-state index is 13.0. The smallest absolute Gasteiger partial charge is 0.305 e. The Kier molecular flexibility index (Phi) is 51.3. The lowest BCUT2D eigenvalue weighted by Crippen LogP contribution is -2.60. The zero-order valence-electron chi connectivity index (χ0n) is 48.8. The zero-order chi connectivity index (χ0) is 54.5. The van der Waals surface area contributed by atoms with Gasteiger partial charge in [-0.2, -0.15) is 0 Å². The fourth-order valence-electron chi connectivity index (χ4n) is 10.2. The fraction of sp³-hybridized carbons (Fsp3) is 0.906. The Bertz CT molecular complexity index is 1300. The van der Waals surface area contributed by atoms with Gasteiger partial charge in [-0.25, -0.2) is 0 Å². The van der Waals surface area contributed by atoms with Crippen molar-refractivity contribution < 1.29 is 49.3 Å². The summed E-state index contributed by atoms with van der Waals surface area (Å²) in [6, 6.07) is -0.806. The average molecular weight is 1060 g/mol. The number of aliphatic hydroxyl groups excluding tert-OH is 5. The largest absolute Gasteiger partial charge is 0.466 e. The number of nitrogens with one attached hydrogen (secondary N) is 1. The van der Waals surface area contributed by atoms with E-state index in [1.807, 2.05) is 6.08 Å². The molecule has 11 heteroatoms. The third-order valence-electron chi connectivity index (χ3n) is 15.3. The number of ether oxygens (including phenoxy) is 3. The monoisotopic (exact) mass is 1060 g/mol. The summed E-state index contributed by atoms with van der Waals surface area (Å²) >= 11 is 0. The number of rotatable bonds is 56. The summed E-state index contributed by atoms with van der Waals surface area (Å²) in [5.41, 5.74) is 0. The van der Waals surface area contributed by atoms with E-state index in [0.717, 1.165) is 57.8 Å². The van der Waals surface area contributed by atoms with Crippen molar-refractivity contribution in [3.63, 3.8) is 0 Å². The first-order valence-corrected chi connectivity index (χ1v) is 32.1. The van der Waals surface area contributed by atoms with Crippen LogP contribution in [-0.4, -0.2) is 100 Å². The highest BCUT2D eigenvalue weighted by Crippen LogP contribution is 2.23. The molecule has 1 saturated heterocycles. The minimum absolute atomic E-state index is 0.00255. The molecule has 0 aromatic rings. The number of esters is 1. The molecule has 6 N–H and O–H groups in total. The highest BCUT2D eigenvalue weighted by molar-refractivity contribution is 5.76. The Hall–Kier alpha value is -1.86. The van der Waals surface area contributed by atoms with Gasteiger partial charge in [0.05, 0.1) is 32.0 Å². The molecule has 7 unspecified atom stereocenters. The molecule has 442 valence electrons. The van der Waals surface area contributed by atoms with Crippen LogP contribution in [0.5, 0.6) is 0 Å². The molecule has 0 saturated carbocycles. The topological polar surface area (TPSA) is 175 Å². The molecule has 0 bridgehead atoms. The van der Waals surface area contributed by atoms with Gasteiger partial charge in [0.25, 0.3) is 0 Å². The van der Waals surface area contributed by atoms with Gasteiger partial charge in [0.2, 0.25) is 5.91 Å². The van der Waals surface area contributed by atoms with Crippen LogP contribution in [-0.2, 0) is 23.8 Å². The number of unbranched alkanes of at least 4 members (excludes halogenated alkanes) is 40. The SMILES string of the molecule is CCCC/C=C\CCCCCCCC(=O)OCCCCCCCCCCCCCCCCCCCCCCCCCCCCCC(=O)NC(COC1OC(CO)C(O)C(O)C1O)C(O)/C=C/CCCCCCCCC. The standard InChI is InChI=1S/C64H121NO10/c1-3-5-7-9-11-13-31-36-40-44-48-52-60(69)73-53-49-45-41-37-33-30-28-26-24-22-20-18-16-14-15-17-19-21-23-25-27-29-32-35-39-43-47-51-59(68)65-56(57(67)50-46-42-38-34-12-10-8-6-4-2)55-74-64-63(72)62(71)61(70)58(54-66)75-64/h9,11,46,50,56-58,61-64,66-67,70-72H,3-8,10,12-45,47-49,51-55H2,1-2H3,(H,65,68)/b11-9-,50-46+. The number of hydrogen-bond donors (Lipinski definition) is 6. The molecule has 1 heterocycles. The molecule has 0 aliphatic carbocycles. The van der Waals surface area contributed by atoms with Crippen LogP contribution in [0.3, 0.4) is 0 Å². The predicted octanol–water partition coefficient (Wildman–Crippen LogP) is 15.3. The fourth-order valence-corrected chi connectivity index (χ4v) is 10.2. The van der Waals surface area contributed by atoms with Crippen molar-refractivity contribution in [3.8, 4) is 0 Å². The Morgan fingerprint density at radius 1 is 0.480 bits per heavy atom. The first-order valence-electron chi connectivity index (χ1n) is 32.1. The number of carbonyl (C=O) groups excluding carboxylic acids is 2. The predicted molar refractivity (Wildman–Crippen MR) is 311 cm³/mol. The van der Waals surface area contributed by atoms with Gasteiger partial charge in [-0.05, 0) is 51.4 Å². The Labute approximate surface area is 461 Å². The van der Waals surface area contributed by atoms with Gasteiger partial charge >= 0.3 is 5.97 Å². The van der Waals surface area contributed by atoms with Crippen LogP contribution in [0.1, 0.15) is 309 Å². The van der Waals surface area contributed by atoms with Crippen molar-refractivity contribution in [1.29, 1.82) is 0 Å². The van der Waals surface area contributed by atoms with Crippen LogP contribution in [0.25, 0.3) is 0 Å². The van der Waals surface area contributed by atoms with Crippen LogP contribution in [0, 0.1) is 0 Å². The highest BCUT2D eigenvalue weighted by Gasteiger charge is 2.44. The highest BCUT2D eigenvalue weighted by atomic mass is 16.7. The summed E-state index contributed by atoms with van der Waals surface area (Å²) in [4.78, 5) is 25.0. The molecule has 0 aromatic carbocycles. The molecule has 7 atom stereocenters. The molecular formula is C64H121NO10. The van der Waals surface area contributed by atoms with Crippen LogP contribution in [0.2, 0.25) is 0 Å². The normalized spacial score (nSPS) is 18.8. The van der Waals surface area contributed by atoms with Gasteiger partial charge in [-0.1, -0.05) is 269 Å². The zero-order valence-corrected chi connectivity index (χ0v) is 48.8. The second kappa shape index (κ2) is 54.1. The van der Waals surface area contributed by atoms with Crippen LogP contribution in [0.15, 0.2) is 24.3 Å². The molecule has 0 aromatic heterocycles. The lowest BCUT2D eigenvalue weighted by atomic mass is 9.99. The Morgan fingerprint density at radius 3 is 1.32 bits per heavy atom. The Balaban J connectivity index is 1.95. The number of aliphatic hydroxyl groups is 5. The van der Waals surface area contributed by atoms with Crippen LogP contribution < -0.4 is 5.32 Å². The molecule has 1 rings (SSSR count). The first-order chi connectivity index (χ1) is 36.7. The van der Waals surface area contributed by atoms with Crippen molar-refractivity contribution in [2.24, 2.45) is 0 Å². The van der Waals surface area contributed by atoms with Crippen molar-refractivity contribution in [3.05, 3.63) is 24.3 Å². The molecule has 75 heavy (non-hydrogen) atoms. The minimum Gasteiger partial charge on any atom is -0.466 e. The minimum atomic E-state index is -1.57. The summed E-state index contributed by atoms with van der Waals surface area (Å²) in [6.45, 7) is 4.30. The second-order valence-corrected chi connectivity index (χ2v) is 22.5. The maximum Gasteiger partial charge on any atom is 0.305 e. The third kappa shape index (κ3) is 43.7. The van der Waals surface area contributed by atoms with E-state index in [0.29, 0.717) is 19.4 Å². The van der Waals surface area contributed by atoms with Crippen molar-refractivity contribution in [1.82, 2.24) is 5.32 Å². The van der Waals surface area contributed by atoms with E-state index in [4.69, 9.17) is 14.2 Å².